The fraction of sp³-hybridized carbons (Fsp3) is 0.320. The molecule has 3 aromatic rings. The summed E-state index contributed by atoms with van der Waals surface area (Å²) in [4.78, 5) is 24.0. The Hall–Kier alpha value is -3.25. The van der Waals surface area contributed by atoms with Crippen molar-refractivity contribution in [1.82, 2.24) is 20.2 Å². The van der Waals surface area contributed by atoms with Crippen LogP contribution in [0.15, 0.2) is 67.3 Å². The molecule has 4 rings (SSSR count). The lowest BCUT2D eigenvalue weighted by Gasteiger charge is -2.32. The highest BCUT2D eigenvalue weighted by atomic mass is 16.5. The van der Waals surface area contributed by atoms with Gasteiger partial charge in [-0.15, -0.1) is 0 Å². The molecule has 1 N–H and O–H groups in total. The molecule has 1 amide bonds. The van der Waals surface area contributed by atoms with Crippen LogP contribution < -0.4 is 10.1 Å². The minimum atomic E-state index is -0.490. The molecule has 2 aromatic heterocycles. The first-order valence-corrected chi connectivity index (χ1v) is 10.5. The number of carbonyl (C=O) groups excluding carboxylic acids is 1. The number of nitrogens with zero attached hydrogens (tertiary/aromatic N) is 3. The highest BCUT2D eigenvalue weighted by Gasteiger charge is 2.34. The predicted molar refractivity (Wildman–Crippen MR) is 120 cm³/mol. The molecular formula is C25H28N4O2. The van der Waals surface area contributed by atoms with Crippen LogP contribution in [0.2, 0.25) is 0 Å². The van der Waals surface area contributed by atoms with Crippen molar-refractivity contribution in [3.63, 3.8) is 0 Å². The molecule has 6 heteroatoms. The summed E-state index contributed by atoms with van der Waals surface area (Å²) in [6.45, 7) is 7.72. The molecule has 6 nitrogen and oxygen atoms in total. The van der Waals surface area contributed by atoms with Gasteiger partial charge in [-0.1, -0.05) is 24.3 Å². The number of hydrogen-bond acceptors (Lipinski definition) is 5. The maximum Gasteiger partial charge on any atom is 0.242 e. The van der Waals surface area contributed by atoms with Crippen molar-refractivity contribution >= 4 is 5.91 Å². The van der Waals surface area contributed by atoms with E-state index in [1.165, 1.54) is 0 Å². The number of hydrogen-bond donors (Lipinski definition) is 1. The summed E-state index contributed by atoms with van der Waals surface area (Å²) in [5.41, 5.74) is 3.84. The van der Waals surface area contributed by atoms with Crippen LogP contribution in [0.5, 0.6) is 5.75 Å². The Morgan fingerprint density at radius 3 is 2.61 bits per heavy atom. The van der Waals surface area contributed by atoms with Crippen molar-refractivity contribution in [1.29, 1.82) is 0 Å². The van der Waals surface area contributed by atoms with Gasteiger partial charge < -0.3 is 10.1 Å². The van der Waals surface area contributed by atoms with Crippen molar-refractivity contribution in [2.24, 2.45) is 0 Å². The summed E-state index contributed by atoms with van der Waals surface area (Å²) in [6, 6.07) is 13.7. The molecule has 0 aliphatic carbocycles. The Balaban J connectivity index is 1.72. The lowest BCUT2D eigenvalue weighted by atomic mass is 9.98. The van der Waals surface area contributed by atoms with Crippen LogP contribution in [0.3, 0.4) is 0 Å². The van der Waals surface area contributed by atoms with Crippen LogP contribution in [0.4, 0.5) is 0 Å². The molecule has 1 aliphatic heterocycles. The fourth-order valence-electron chi connectivity index (χ4n) is 3.93. The molecule has 3 heterocycles. The van der Waals surface area contributed by atoms with Gasteiger partial charge in [-0.25, -0.2) is 0 Å². The highest BCUT2D eigenvalue weighted by Crippen LogP contribution is 2.34. The second kappa shape index (κ2) is 8.86. The van der Waals surface area contributed by atoms with E-state index >= 15 is 0 Å². The van der Waals surface area contributed by atoms with Gasteiger partial charge in [0.2, 0.25) is 5.91 Å². The van der Waals surface area contributed by atoms with E-state index in [1.807, 2.05) is 51.1 Å². The van der Waals surface area contributed by atoms with Crippen LogP contribution in [-0.4, -0.2) is 39.5 Å². The number of aromatic nitrogens is 2. The molecule has 0 fully saturated rings. The normalized spacial score (nSPS) is 16.7. The van der Waals surface area contributed by atoms with Crippen LogP contribution in [-0.2, 0) is 11.3 Å². The minimum absolute atomic E-state index is 0.0476. The first kappa shape index (κ1) is 21.0. The van der Waals surface area contributed by atoms with Crippen LogP contribution >= 0.6 is 0 Å². The Bertz CT molecular complexity index is 1050. The van der Waals surface area contributed by atoms with Gasteiger partial charge in [0.25, 0.3) is 0 Å². The molecule has 0 radical (unpaired) electrons. The fourth-order valence-corrected chi connectivity index (χ4v) is 3.93. The summed E-state index contributed by atoms with van der Waals surface area (Å²) < 4.78 is 5.97. The Kier molecular flexibility index (Phi) is 6.00. The maximum absolute atomic E-state index is 13.4. The van der Waals surface area contributed by atoms with E-state index in [2.05, 4.69) is 32.3 Å². The van der Waals surface area contributed by atoms with Crippen LogP contribution in [0.25, 0.3) is 11.1 Å². The highest BCUT2D eigenvalue weighted by molar-refractivity contribution is 5.84. The zero-order valence-electron chi connectivity index (χ0n) is 18.2. The van der Waals surface area contributed by atoms with Gasteiger partial charge in [-0.2, -0.15) is 0 Å². The molecule has 1 aliphatic rings. The zero-order valence-corrected chi connectivity index (χ0v) is 18.2. The summed E-state index contributed by atoms with van der Waals surface area (Å²) >= 11 is 0. The van der Waals surface area contributed by atoms with E-state index in [1.54, 1.807) is 24.8 Å². The molecule has 160 valence electrons. The smallest absolute Gasteiger partial charge is 0.242 e. The molecule has 0 saturated carbocycles. The SMILES string of the molecule is CC(C)(C)NC(=O)C1c2cnccc2OCCN1Cc1ccccc1-c1ccncc1. The average molecular weight is 417 g/mol. The number of ether oxygens (including phenoxy) is 1. The number of nitrogens with one attached hydrogen (secondary N) is 1. The molecule has 0 bridgehead atoms. The van der Waals surface area contributed by atoms with Gasteiger partial charge in [-0.3, -0.25) is 19.7 Å². The van der Waals surface area contributed by atoms with Crippen LogP contribution in [0, 0.1) is 0 Å². The van der Waals surface area contributed by atoms with Gasteiger partial charge in [0.1, 0.15) is 18.4 Å². The van der Waals surface area contributed by atoms with Crippen LogP contribution in [0.1, 0.15) is 37.9 Å². The number of rotatable bonds is 4. The first-order chi connectivity index (χ1) is 14.9. The quantitative estimate of drug-likeness (QED) is 0.696. The van der Waals surface area contributed by atoms with Crippen molar-refractivity contribution < 1.29 is 9.53 Å². The Labute approximate surface area is 183 Å². The van der Waals surface area contributed by atoms with E-state index in [4.69, 9.17) is 4.74 Å². The third-order valence-electron chi connectivity index (χ3n) is 5.23. The van der Waals surface area contributed by atoms with E-state index in [0.29, 0.717) is 25.4 Å². The van der Waals surface area contributed by atoms with Crippen molar-refractivity contribution in [3.05, 3.63) is 78.4 Å². The van der Waals surface area contributed by atoms with E-state index in [0.717, 1.165) is 22.3 Å². The number of pyridine rings is 2. The Morgan fingerprint density at radius 2 is 1.84 bits per heavy atom. The second-order valence-corrected chi connectivity index (χ2v) is 8.77. The zero-order chi connectivity index (χ0) is 21.8. The van der Waals surface area contributed by atoms with Crippen molar-refractivity contribution in [3.8, 4) is 16.9 Å². The van der Waals surface area contributed by atoms with Gasteiger partial charge in [-0.05, 0) is 55.7 Å². The number of amides is 1. The molecule has 1 atom stereocenters. The topological polar surface area (TPSA) is 67.3 Å². The third kappa shape index (κ3) is 4.91. The average Bonchev–Trinajstić information content (AvgIpc) is 2.92. The first-order valence-electron chi connectivity index (χ1n) is 10.5. The standard InChI is InChI=1S/C25H28N4O2/c1-25(2,3)28-24(30)23-21-16-27-13-10-22(21)31-15-14-29(23)17-19-6-4-5-7-20(19)18-8-11-26-12-9-18/h4-13,16,23H,14-15,17H2,1-3H3,(H,28,30). The van der Waals surface area contributed by atoms with Gasteiger partial charge >= 0.3 is 0 Å². The number of benzene rings is 1. The molecular weight excluding hydrogens is 388 g/mol. The molecule has 1 unspecified atom stereocenters. The van der Waals surface area contributed by atoms with E-state index < -0.39 is 6.04 Å². The van der Waals surface area contributed by atoms with Gasteiger partial charge in [0.05, 0.1) is 0 Å². The lowest BCUT2D eigenvalue weighted by Crippen LogP contribution is -2.47. The molecule has 0 saturated heterocycles. The van der Waals surface area contributed by atoms with E-state index in [-0.39, 0.29) is 11.4 Å². The summed E-state index contributed by atoms with van der Waals surface area (Å²) in [5.74, 6) is 0.669. The number of fused-ring (bicyclic) bond motifs is 1. The molecule has 0 spiro atoms. The van der Waals surface area contributed by atoms with E-state index in [9.17, 15) is 4.79 Å². The van der Waals surface area contributed by atoms with Gasteiger partial charge in [0.15, 0.2) is 0 Å². The second-order valence-electron chi connectivity index (χ2n) is 8.77. The molecule has 31 heavy (non-hydrogen) atoms. The summed E-state index contributed by atoms with van der Waals surface area (Å²) in [7, 11) is 0. The summed E-state index contributed by atoms with van der Waals surface area (Å²) in [6.07, 6.45) is 7.04. The third-order valence-corrected chi connectivity index (χ3v) is 5.23. The summed E-state index contributed by atoms with van der Waals surface area (Å²) in [5, 5.41) is 3.15. The monoisotopic (exact) mass is 416 g/mol. The number of carbonyl (C=O) groups is 1. The van der Waals surface area contributed by atoms with Crippen molar-refractivity contribution in [2.45, 2.75) is 38.9 Å². The maximum atomic E-state index is 13.4. The minimum Gasteiger partial charge on any atom is -0.492 e. The van der Waals surface area contributed by atoms with Gasteiger partial charge in [0, 0.05) is 49.0 Å². The lowest BCUT2D eigenvalue weighted by molar-refractivity contribution is -0.128. The Morgan fingerprint density at radius 1 is 1.10 bits per heavy atom. The predicted octanol–water partition coefficient (Wildman–Crippen LogP) is 3.99. The van der Waals surface area contributed by atoms with Crippen molar-refractivity contribution in [2.75, 3.05) is 13.2 Å². The largest absolute Gasteiger partial charge is 0.492 e. The molecule has 1 aromatic carbocycles.